The molecule has 0 saturated heterocycles. The van der Waals surface area contributed by atoms with E-state index in [-0.39, 0.29) is 23.9 Å². The summed E-state index contributed by atoms with van der Waals surface area (Å²) in [6, 6.07) is 3.09. The van der Waals surface area contributed by atoms with E-state index >= 15 is 0 Å². The maximum Gasteiger partial charge on any atom is 0.343 e. The summed E-state index contributed by atoms with van der Waals surface area (Å²) in [4.78, 5) is 22.5. The molecule has 0 N–H and O–H groups in total. The highest BCUT2D eigenvalue weighted by Gasteiger charge is 2.19. The summed E-state index contributed by atoms with van der Waals surface area (Å²) in [5, 5.41) is 0. The van der Waals surface area contributed by atoms with Crippen LogP contribution < -0.4 is 14.2 Å². The Morgan fingerprint density at radius 2 is 1.68 bits per heavy atom. The molecule has 0 fully saturated rings. The zero-order valence-corrected chi connectivity index (χ0v) is 11.3. The van der Waals surface area contributed by atoms with Crippen LogP contribution in [0.4, 0.5) is 0 Å². The Kier molecular flexibility index (Phi) is 5.17. The van der Waals surface area contributed by atoms with E-state index in [1.165, 1.54) is 28.3 Å². The van der Waals surface area contributed by atoms with Crippen LogP contribution in [0.25, 0.3) is 0 Å². The summed E-state index contributed by atoms with van der Waals surface area (Å²) in [7, 11) is 4.11. The van der Waals surface area contributed by atoms with E-state index in [0.29, 0.717) is 11.3 Å². The first kappa shape index (κ1) is 14.8. The molecule has 6 heteroatoms. The number of carbonyl (C=O) groups excluding carboxylic acids is 2. The molecule has 0 atom stereocenters. The molecule has 0 spiro atoms. The molecule has 0 saturated carbocycles. The quantitative estimate of drug-likeness (QED) is 0.574. The standard InChI is InChI=1S/C13H16O6/c1-8(14)9-5-6-10(19-7-11(15)16-2)13(18-4)12(9)17-3/h5-6H,7H2,1-4H3. The third-order valence-electron chi connectivity index (χ3n) is 2.44. The van der Waals surface area contributed by atoms with Gasteiger partial charge in [-0.3, -0.25) is 4.79 Å². The molecule has 0 aliphatic rings. The van der Waals surface area contributed by atoms with E-state index < -0.39 is 5.97 Å². The molecule has 0 aliphatic carbocycles. The summed E-state index contributed by atoms with van der Waals surface area (Å²) >= 11 is 0. The predicted molar refractivity (Wildman–Crippen MR) is 67.1 cm³/mol. The smallest absolute Gasteiger partial charge is 0.343 e. The van der Waals surface area contributed by atoms with Crippen molar-refractivity contribution in [1.29, 1.82) is 0 Å². The first-order chi connectivity index (χ1) is 9.04. The number of ether oxygens (including phenoxy) is 4. The number of Topliss-reactive ketones (excluding diaryl/α,β-unsaturated/α-hetero) is 1. The van der Waals surface area contributed by atoms with Crippen molar-refractivity contribution in [2.24, 2.45) is 0 Å². The minimum Gasteiger partial charge on any atom is -0.492 e. The predicted octanol–water partition coefficient (Wildman–Crippen LogP) is 1.46. The first-order valence-corrected chi connectivity index (χ1v) is 5.50. The molecule has 0 aliphatic heterocycles. The van der Waals surface area contributed by atoms with Crippen LogP contribution in [0.2, 0.25) is 0 Å². The zero-order chi connectivity index (χ0) is 14.4. The van der Waals surface area contributed by atoms with Crippen LogP contribution in [0.1, 0.15) is 17.3 Å². The number of methoxy groups -OCH3 is 3. The van der Waals surface area contributed by atoms with E-state index in [1.807, 2.05) is 0 Å². The Morgan fingerprint density at radius 3 is 2.16 bits per heavy atom. The molecule has 1 aromatic carbocycles. The van der Waals surface area contributed by atoms with Crippen LogP contribution >= 0.6 is 0 Å². The fourth-order valence-corrected chi connectivity index (χ4v) is 1.53. The molecular formula is C13H16O6. The van der Waals surface area contributed by atoms with Gasteiger partial charge in [-0.25, -0.2) is 4.79 Å². The van der Waals surface area contributed by atoms with Gasteiger partial charge in [0.05, 0.1) is 26.9 Å². The highest BCUT2D eigenvalue weighted by Crippen LogP contribution is 2.40. The molecule has 1 aromatic rings. The van der Waals surface area contributed by atoms with E-state index in [9.17, 15) is 9.59 Å². The number of benzene rings is 1. The first-order valence-electron chi connectivity index (χ1n) is 5.50. The summed E-state index contributed by atoms with van der Waals surface area (Å²) in [5.41, 5.74) is 0.379. The number of rotatable bonds is 6. The van der Waals surface area contributed by atoms with Gasteiger partial charge in [0.2, 0.25) is 5.75 Å². The number of carbonyl (C=O) groups is 2. The van der Waals surface area contributed by atoms with Gasteiger partial charge in [-0.2, -0.15) is 0 Å². The Morgan fingerprint density at radius 1 is 1.05 bits per heavy atom. The number of hydrogen-bond donors (Lipinski definition) is 0. The number of ketones is 1. The minimum absolute atomic E-state index is 0.158. The van der Waals surface area contributed by atoms with E-state index in [1.54, 1.807) is 12.1 Å². The van der Waals surface area contributed by atoms with Gasteiger partial charge >= 0.3 is 5.97 Å². The van der Waals surface area contributed by atoms with Crippen LogP contribution in [0.5, 0.6) is 17.2 Å². The van der Waals surface area contributed by atoms with Crippen LogP contribution in [0, 0.1) is 0 Å². The lowest BCUT2D eigenvalue weighted by Crippen LogP contribution is -2.13. The molecule has 0 radical (unpaired) electrons. The summed E-state index contributed by atoms with van der Waals surface area (Å²) in [6.45, 7) is 1.17. The lowest BCUT2D eigenvalue weighted by Gasteiger charge is -2.15. The topological polar surface area (TPSA) is 71.1 Å². The lowest BCUT2D eigenvalue weighted by molar-refractivity contribution is -0.142. The average Bonchev–Trinajstić information content (AvgIpc) is 2.42. The van der Waals surface area contributed by atoms with Gasteiger partial charge in [-0.1, -0.05) is 0 Å². The number of esters is 1. The zero-order valence-electron chi connectivity index (χ0n) is 11.3. The molecule has 1 rings (SSSR count). The van der Waals surface area contributed by atoms with Crippen LogP contribution in [-0.4, -0.2) is 39.7 Å². The Balaban J connectivity index is 3.12. The lowest BCUT2D eigenvalue weighted by atomic mass is 10.1. The van der Waals surface area contributed by atoms with Crippen molar-refractivity contribution in [2.75, 3.05) is 27.9 Å². The van der Waals surface area contributed by atoms with Crippen molar-refractivity contribution in [3.8, 4) is 17.2 Å². The Hall–Kier alpha value is -2.24. The fourth-order valence-electron chi connectivity index (χ4n) is 1.53. The second-order valence-electron chi connectivity index (χ2n) is 3.60. The summed E-state index contributed by atoms with van der Waals surface area (Å²) in [6.07, 6.45) is 0. The van der Waals surface area contributed by atoms with Crippen molar-refractivity contribution in [1.82, 2.24) is 0 Å². The monoisotopic (exact) mass is 268 g/mol. The van der Waals surface area contributed by atoms with Crippen LogP contribution in [0.3, 0.4) is 0 Å². The average molecular weight is 268 g/mol. The van der Waals surface area contributed by atoms with Crippen molar-refractivity contribution in [3.05, 3.63) is 17.7 Å². The summed E-state index contributed by atoms with van der Waals surface area (Å²) in [5.74, 6) is 0.164. The maximum atomic E-state index is 11.5. The highest BCUT2D eigenvalue weighted by molar-refractivity contribution is 5.98. The highest BCUT2D eigenvalue weighted by atomic mass is 16.6. The Bertz CT molecular complexity index is 480. The van der Waals surface area contributed by atoms with Gasteiger partial charge in [0.15, 0.2) is 23.9 Å². The molecular weight excluding hydrogens is 252 g/mol. The van der Waals surface area contributed by atoms with E-state index in [4.69, 9.17) is 14.2 Å². The van der Waals surface area contributed by atoms with Crippen molar-refractivity contribution in [3.63, 3.8) is 0 Å². The molecule has 0 unspecified atom stereocenters. The summed E-state index contributed by atoms with van der Waals surface area (Å²) < 4.78 is 20.1. The van der Waals surface area contributed by atoms with Gasteiger partial charge in [0.25, 0.3) is 0 Å². The van der Waals surface area contributed by atoms with E-state index in [0.717, 1.165) is 0 Å². The molecule has 6 nitrogen and oxygen atoms in total. The largest absolute Gasteiger partial charge is 0.492 e. The van der Waals surface area contributed by atoms with Crippen LogP contribution in [0.15, 0.2) is 12.1 Å². The van der Waals surface area contributed by atoms with Gasteiger partial charge in [0.1, 0.15) is 0 Å². The van der Waals surface area contributed by atoms with Gasteiger partial charge in [-0.05, 0) is 19.1 Å². The van der Waals surface area contributed by atoms with Gasteiger partial charge in [-0.15, -0.1) is 0 Å². The third-order valence-corrected chi connectivity index (χ3v) is 2.44. The maximum absolute atomic E-state index is 11.5. The van der Waals surface area contributed by atoms with Gasteiger partial charge < -0.3 is 18.9 Å². The Labute approximate surface area is 111 Å². The SMILES string of the molecule is COC(=O)COc1ccc(C(C)=O)c(OC)c1OC. The minimum atomic E-state index is -0.517. The normalized spacial score (nSPS) is 9.68. The van der Waals surface area contributed by atoms with Crippen molar-refractivity contribution in [2.45, 2.75) is 6.92 Å². The number of hydrogen-bond acceptors (Lipinski definition) is 6. The molecule has 0 amide bonds. The second kappa shape index (κ2) is 6.63. The third kappa shape index (κ3) is 3.37. The van der Waals surface area contributed by atoms with Crippen molar-refractivity contribution >= 4 is 11.8 Å². The van der Waals surface area contributed by atoms with Gasteiger partial charge in [0, 0.05) is 0 Å². The molecule has 0 heterocycles. The van der Waals surface area contributed by atoms with E-state index in [2.05, 4.69) is 4.74 Å². The second-order valence-corrected chi connectivity index (χ2v) is 3.60. The fraction of sp³-hybridized carbons (Fsp3) is 0.385. The molecule has 0 bridgehead atoms. The molecule has 104 valence electrons. The molecule has 19 heavy (non-hydrogen) atoms. The van der Waals surface area contributed by atoms with Crippen LogP contribution in [-0.2, 0) is 9.53 Å². The molecule has 0 aromatic heterocycles. The van der Waals surface area contributed by atoms with Crippen molar-refractivity contribution < 1.29 is 28.5 Å².